The van der Waals surface area contributed by atoms with Crippen molar-refractivity contribution in [2.45, 2.75) is 44.7 Å². The fourth-order valence-electron chi connectivity index (χ4n) is 5.46. The molecule has 1 aliphatic carbocycles. The highest BCUT2D eigenvalue weighted by atomic mass is 16.5. The number of rotatable bonds is 5. The van der Waals surface area contributed by atoms with Gasteiger partial charge in [-0.1, -0.05) is 18.2 Å². The number of carbonyl (C=O) groups is 2. The van der Waals surface area contributed by atoms with Gasteiger partial charge in [-0.15, -0.1) is 0 Å². The van der Waals surface area contributed by atoms with Gasteiger partial charge in [-0.2, -0.15) is 5.10 Å². The van der Waals surface area contributed by atoms with Crippen molar-refractivity contribution in [3.05, 3.63) is 70.9 Å². The number of nitrogens with zero attached hydrogens (tertiary/aromatic N) is 2. The maximum atomic E-state index is 12.8. The minimum atomic E-state index is -0.114. The zero-order chi connectivity index (χ0) is 23.1. The predicted octanol–water partition coefficient (Wildman–Crippen LogP) is 3.96. The first kappa shape index (κ1) is 21.0. The zero-order valence-corrected chi connectivity index (χ0v) is 19.0. The molecule has 1 fully saturated rings. The van der Waals surface area contributed by atoms with Crippen LogP contribution in [0.25, 0.3) is 11.3 Å². The first-order chi connectivity index (χ1) is 16.6. The smallest absolute Gasteiger partial charge is 0.269 e. The fourth-order valence-corrected chi connectivity index (χ4v) is 5.46. The Morgan fingerprint density at radius 2 is 1.94 bits per heavy atom. The van der Waals surface area contributed by atoms with Crippen molar-refractivity contribution in [1.82, 2.24) is 20.4 Å². The standard InChI is InChI=1S/C27H28N4O3/c32-26(24-14-23(29-30-24)18-7-10-25-19(13-18)11-12-34-25)28-21-8-5-17(6-9-21)15-31-16-20-3-1-2-4-22(20)27(31)33/h1-4,7,10,13-14,17,21H,5-6,8-9,11-12,15-16H2,(H,28,32)(H,29,30). The second-order valence-corrected chi connectivity index (χ2v) is 9.62. The molecule has 3 heterocycles. The van der Waals surface area contributed by atoms with Crippen LogP contribution in [0, 0.1) is 5.92 Å². The average Bonchev–Trinajstić information content (AvgIpc) is 3.60. The Kier molecular flexibility index (Phi) is 5.32. The summed E-state index contributed by atoms with van der Waals surface area (Å²) < 4.78 is 5.57. The van der Waals surface area contributed by atoms with Gasteiger partial charge in [-0.05, 0) is 73.1 Å². The van der Waals surface area contributed by atoms with Crippen molar-refractivity contribution >= 4 is 11.8 Å². The Morgan fingerprint density at radius 3 is 2.79 bits per heavy atom. The number of fused-ring (bicyclic) bond motifs is 2. The number of nitrogens with one attached hydrogen (secondary N) is 2. The minimum Gasteiger partial charge on any atom is -0.493 e. The molecule has 1 saturated carbocycles. The van der Waals surface area contributed by atoms with Crippen LogP contribution < -0.4 is 10.1 Å². The van der Waals surface area contributed by atoms with Crippen LogP contribution in [0.2, 0.25) is 0 Å². The summed E-state index contributed by atoms with van der Waals surface area (Å²) in [6.07, 6.45) is 4.78. The summed E-state index contributed by atoms with van der Waals surface area (Å²) in [5.74, 6) is 1.45. The number of carbonyl (C=O) groups excluding carboxylic acids is 2. The fraction of sp³-hybridized carbons (Fsp3) is 0.370. The van der Waals surface area contributed by atoms with Crippen molar-refractivity contribution in [3.8, 4) is 17.0 Å². The summed E-state index contributed by atoms with van der Waals surface area (Å²) in [6.45, 7) is 2.23. The molecule has 2 aliphatic heterocycles. The van der Waals surface area contributed by atoms with Gasteiger partial charge in [0.1, 0.15) is 11.4 Å². The first-order valence-corrected chi connectivity index (χ1v) is 12.1. The Bertz CT molecular complexity index is 1240. The first-order valence-electron chi connectivity index (χ1n) is 12.1. The molecule has 34 heavy (non-hydrogen) atoms. The number of ether oxygens (including phenoxy) is 1. The minimum absolute atomic E-state index is 0.114. The average molecular weight is 457 g/mol. The monoisotopic (exact) mass is 456 g/mol. The second-order valence-electron chi connectivity index (χ2n) is 9.62. The molecular weight excluding hydrogens is 428 g/mol. The largest absolute Gasteiger partial charge is 0.493 e. The molecule has 2 N–H and O–H groups in total. The highest BCUT2D eigenvalue weighted by molar-refractivity contribution is 5.98. The third-order valence-electron chi connectivity index (χ3n) is 7.36. The summed E-state index contributed by atoms with van der Waals surface area (Å²) in [5, 5.41) is 10.4. The summed E-state index contributed by atoms with van der Waals surface area (Å²) in [7, 11) is 0. The predicted molar refractivity (Wildman–Crippen MR) is 128 cm³/mol. The van der Waals surface area contributed by atoms with Crippen molar-refractivity contribution in [3.63, 3.8) is 0 Å². The number of aromatic amines is 1. The molecule has 0 atom stereocenters. The number of benzene rings is 2. The molecular formula is C27H28N4O3. The van der Waals surface area contributed by atoms with E-state index in [0.29, 0.717) is 18.2 Å². The van der Waals surface area contributed by atoms with Gasteiger partial charge in [0.2, 0.25) is 0 Å². The Balaban J connectivity index is 1.01. The number of aromatic nitrogens is 2. The molecule has 2 aromatic carbocycles. The molecule has 0 spiro atoms. The third kappa shape index (κ3) is 3.95. The molecule has 0 radical (unpaired) electrons. The molecule has 3 aromatic rings. The zero-order valence-electron chi connectivity index (χ0n) is 19.0. The lowest BCUT2D eigenvalue weighted by Gasteiger charge is -2.31. The van der Waals surface area contributed by atoms with Crippen molar-refractivity contribution < 1.29 is 14.3 Å². The Hall–Kier alpha value is -3.61. The Labute approximate surface area is 198 Å². The van der Waals surface area contributed by atoms with Gasteiger partial charge in [0.25, 0.3) is 11.8 Å². The second kappa shape index (κ2) is 8.63. The molecule has 0 bridgehead atoms. The summed E-state index contributed by atoms with van der Waals surface area (Å²) >= 11 is 0. The van der Waals surface area contributed by atoms with Crippen LogP contribution >= 0.6 is 0 Å². The van der Waals surface area contributed by atoms with E-state index in [1.54, 1.807) is 0 Å². The van der Waals surface area contributed by atoms with E-state index in [1.165, 1.54) is 5.56 Å². The van der Waals surface area contributed by atoms with Gasteiger partial charge in [0.05, 0.1) is 12.3 Å². The van der Waals surface area contributed by atoms with Gasteiger partial charge in [-0.3, -0.25) is 14.7 Å². The van der Waals surface area contributed by atoms with Crippen LogP contribution in [0.15, 0.2) is 48.5 Å². The molecule has 2 amide bonds. The molecule has 7 nitrogen and oxygen atoms in total. The van der Waals surface area contributed by atoms with E-state index in [-0.39, 0.29) is 17.9 Å². The molecule has 3 aliphatic rings. The van der Waals surface area contributed by atoms with Crippen LogP contribution in [0.4, 0.5) is 0 Å². The highest BCUT2D eigenvalue weighted by Crippen LogP contribution is 2.31. The van der Waals surface area contributed by atoms with Gasteiger partial charge in [0, 0.05) is 36.7 Å². The van der Waals surface area contributed by atoms with Crippen LogP contribution in [-0.2, 0) is 13.0 Å². The summed E-state index contributed by atoms with van der Waals surface area (Å²) in [5.41, 5.74) is 5.38. The number of hydrogen-bond donors (Lipinski definition) is 2. The number of hydrogen-bond acceptors (Lipinski definition) is 4. The van der Waals surface area contributed by atoms with Gasteiger partial charge in [0.15, 0.2) is 0 Å². The molecule has 6 rings (SSSR count). The molecule has 7 heteroatoms. The van der Waals surface area contributed by atoms with Gasteiger partial charge < -0.3 is 15.0 Å². The lowest BCUT2D eigenvalue weighted by atomic mass is 9.85. The maximum absolute atomic E-state index is 12.8. The summed E-state index contributed by atoms with van der Waals surface area (Å²) in [6, 6.07) is 15.9. The third-order valence-corrected chi connectivity index (χ3v) is 7.36. The van der Waals surface area contributed by atoms with E-state index in [2.05, 4.69) is 21.6 Å². The lowest BCUT2D eigenvalue weighted by molar-refractivity contribution is 0.0732. The topological polar surface area (TPSA) is 87.3 Å². The SMILES string of the molecule is O=C(NC1CCC(CN2Cc3ccccc3C2=O)CC1)c1cc(-c2ccc3c(c2)CCO3)n[nH]1. The van der Waals surface area contributed by atoms with E-state index in [9.17, 15) is 9.59 Å². The molecule has 0 unspecified atom stereocenters. The quantitative estimate of drug-likeness (QED) is 0.609. The Morgan fingerprint density at radius 1 is 1.09 bits per heavy atom. The molecule has 174 valence electrons. The normalized spacial score (nSPS) is 21.2. The van der Waals surface area contributed by atoms with Gasteiger partial charge >= 0.3 is 0 Å². The lowest BCUT2D eigenvalue weighted by Crippen LogP contribution is -2.40. The summed E-state index contributed by atoms with van der Waals surface area (Å²) in [4.78, 5) is 27.4. The highest BCUT2D eigenvalue weighted by Gasteiger charge is 2.31. The maximum Gasteiger partial charge on any atom is 0.269 e. The molecule has 0 saturated heterocycles. The van der Waals surface area contributed by atoms with Gasteiger partial charge in [-0.25, -0.2) is 0 Å². The van der Waals surface area contributed by atoms with E-state index in [1.807, 2.05) is 47.4 Å². The van der Waals surface area contributed by atoms with Crippen molar-refractivity contribution in [1.29, 1.82) is 0 Å². The van der Waals surface area contributed by atoms with Crippen LogP contribution in [0.3, 0.4) is 0 Å². The van der Waals surface area contributed by atoms with Crippen molar-refractivity contribution in [2.75, 3.05) is 13.2 Å². The van der Waals surface area contributed by atoms with Crippen LogP contribution in [0.1, 0.15) is 57.7 Å². The van der Waals surface area contributed by atoms with E-state index >= 15 is 0 Å². The van der Waals surface area contributed by atoms with E-state index in [0.717, 1.165) is 73.4 Å². The number of H-pyrrole nitrogens is 1. The van der Waals surface area contributed by atoms with Crippen molar-refractivity contribution in [2.24, 2.45) is 5.92 Å². The van der Waals surface area contributed by atoms with Crippen LogP contribution in [0.5, 0.6) is 5.75 Å². The van der Waals surface area contributed by atoms with Crippen LogP contribution in [-0.4, -0.2) is 46.1 Å². The van der Waals surface area contributed by atoms with E-state index in [4.69, 9.17) is 4.74 Å². The number of amides is 2. The molecule has 1 aromatic heterocycles. The van der Waals surface area contributed by atoms with E-state index < -0.39 is 0 Å².